The monoisotopic (exact) mass is 273 g/mol. The van der Waals surface area contributed by atoms with Crippen LogP contribution in [-0.2, 0) is 19.3 Å². The van der Waals surface area contributed by atoms with Crippen molar-refractivity contribution in [1.29, 1.82) is 0 Å². The maximum atomic E-state index is 3.69. The van der Waals surface area contributed by atoms with Gasteiger partial charge in [-0.05, 0) is 74.1 Å². The van der Waals surface area contributed by atoms with Crippen LogP contribution in [0, 0.1) is 11.8 Å². The minimum Gasteiger partial charge on any atom is -0.314 e. The molecule has 1 heteroatoms. The molecule has 0 saturated heterocycles. The van der Waals surface area contributed by atoms with E-state index in [1.807, 2.05) is 0 Å². The molecule has 0 saturated carbocycles. The minimum absolute atomic E-state index is 0.600. The van der Waals surface area contributed by atoms with Crippen LogP contribution in [0.15, 0.2) is 18.2 Å². The van der Waals surface area contributed by atoms with Gasteiger partial charge < -0.3 is 5.32 Å². The summed E-state index contributed by atoms with van der Waals surface area (Å²) in [6, 6.07) is 7.82. The van der Waals surface area contributed by atoms with E-state index in [4.69, 9.17) is 0 Å². The summed E-state index contributed by atoms with van der Waals surface area (Å²) >= 11 is 0. The van der Waals surface area contributed by atoms with Gasteiger partial charge in [0.1, 0.15) is 0 Å². The van der Waals surface area contributed by atoms with Gasteiger partial charge in [-0.3, -0.25) is 0 Å². The molecule has 2 unspecified atom stereocenters. The van der Waals surface area contributed by atoms with Crippen LogP contribution in [0.25, 0.3) is 0 Å². The summed E-state index contributed by atoms with van der Waals surface area (Å²) in [5.41, 5.74) is 4.74. The minimum atomic E-state index is 0.600. The summed E-state index contributed by atoms with van der Waals surface area (Å²) in [5, 5.41) is 3.69. The van der Waals surface area contributed by atoms with Crippen LogP contribution in [-0.4, -0.2) is 12.6 Å². The van der Waals surface area contributed by atoms with E-state index in [9.17, 15) is 0 Å². The Hall–Kier alpha value is -0.820. The quantitative estimate of drug-likeness (QED) is 0.777. The lowest BCUT2D eigenvalue weighted by Crippen LogP contribution is -2.37. The Morgan fingerprint density at radius 3 is 2.55 bits per heavy atom. The van der Waals surface area contributed by atoms with Crippen LogP contribution in [0.5, 0.6) is 0 Å². The molecule has 0 spiro atoms. The van der Waals surface area contributed by atoms with E-state index in [0.717, 1.165) is 18.4 Å². The van der Waals surface area contributed by atoms with Gasteiger partial charge in [0.2, 0.25) is 0 Å². The lowest BCUT2D eigenvalue weighted by atomic mass is 9.83. The first-order chi connectivity index (χ1) is 9.61. The fraction of sp³-hybridized carbons (Fsp3) is 0.684. The van der Waals surface area contributed by atoms with Crippen LogP contribution in [0.3, 0.4) is 0 Å². The molecule has 1 aromatic rings. The highest BCUT2D eigenvalue weighted by atomic mass is 14.9. The van der Waals surface area contributed by atoms with Gasteiger partial charge in [0, 0.05) is 6.04 Å². The Morgan fingerprint density at radius 1 is 1.10 bits per heavy atom. The first-order valence-corrected chi connectivity index (χ1v) is 8.45. The molecule has 1 nitrogen and oxygen atoms in total. The van der Waals surface area contributed by atoms with Crippen molar-refractivity contribution in [2.24, 2.45) is 11.8 Å². The number of aryl methyl sites for hydroxylation is 2. The number of rotatable bonds is 7. The molecule has 1 aromatic carbocycles. The topological polar surface area (TPSA) is 12.0 Å². The number of hydrogen-bond donors (Lipinski definition) is 1. The summed E-state index contributed by atoms with van der Waals surface area (Å²) in [6.45, 7) is 10.5. The number of fused-ring (bicyclic) bond motifs is 1. The van der Waals surface area contributed by atoms with E-state index in [0.29, 0.717) is 6.04 Å². The first kappa shape index (κ1) is 15.6. The van der Waals surface area contributed by atoms with E-state index < -0.39 is 0 Å². The standard InChI is InChI=1S/C19H31N/c1-5-11-20-15(4)19(14(2)3)13-16-9-10-17-7-6-8-18(17)12-16/h9-10,12,14-15,19-20H,5-8,11,13H2,1-4H3. The Bertz CT molecular complexity index is 422. The van der Waals surface area contributed by atoms with Gasteiger partial charge >= 0.3 is 0 Å². The number of nitrogens with one attached hydrogen (secondary N) is 1. The Labute approximate surface area is 125 Å². The summed E-state index contributed by atoms with van der Waals surface area (Å²) < 4.78 is 0. The lowest BCUT2D eigenvalue weighted by Gasteiger charge is -2.28. The Balaban J connectivity index is 2.04. The SMILES string of the molecule is CCCNC(C)C(Cc1ccc2c(c1)CCC2)C(C)C. The maximum Gasteiger partial charge on any atom is 0.00726 e. The molecule has 20 heavy (non-hydrogen) atoms. The second kappa shape index (κ2) is 7.26. The molecule has 0 aromatic heterocycles. The van der Waals surface area contributed by atoms with Crippen LogP contribution in [0.2, 0.25) is 0 Å². The van der Waals surface area contributed by atoms with Crippen LogP contribution in [0.1, 0.15) is 57.2 Å². The van der Waals surface area contributed by atoms with Crippen molar-refractivity contribution in [2.45, 2.75) is 65.8 Å². The van der Waals surface area contributed by atoms with Gasteiger partial charge in [0.15, 0.2) is 0 Å². The molecule has 2 rings (SSSR count). The lowest BCUT2D eigenvalue weighted by molar-refractivity contribution is 0.289. The van der Waals surface area contributed by atoms with Crippen molar-refractivity contribution in [1.82, 2.24) is 5.32 Å². The number of hydrogen-bond acceptors (Lipinski definition) is 1. The van der Waals surface area contributed by atoms with E-state index in [1.165, 1.54) is 37.7 Å². The summed E-state index contributed by atoms with van der Waals surface area (Å²) in [7, 11) is 0. The molecule has 0 bridgehead atoms. The Morgan fingerprint density at radius 2 is 1.85 bits per heavy atom. The second-order valence-electron chi connectivity index (χ2n) is 6.81. The molecule has 1 N–H and O–H groups in total. The average Bonchev–Trinajstić information content (AvgIpc) is 2.89. The molecule has 1 aliphatic carbocycles. The third kappa shape index (κ3) is 3.85. The van der Waals surface area contributed by atoms with Gasteiger partial charge in [0.25, 0.3) is 0 Å². The first-order valence-electron chi connectivity index (χ1n) is 8.45. The van der Waals surface area contributed by atoms with Gasteiger partial charge in [-0.1, -0.05) is 39.0 Å². The second-order valence-corrected chi connectivity index (χ2v) is 6.81. The van der Waals surface area contributed by atoms with Gasteiger partial charge in [-0.2, -0.15) is 0 Å². The van der Waals surface area contributed by atoms with Crippen molar-refractivity contribution in [2.75, 3.05) is 6.54 Å². The highest BCUT2D eigenvalue weighted by Gasteiger charge is 2.21. The average molecular weight is 273 g/mol. The molecule has 112 valence electrons. The van der Waals surface area contributed by atoms with Gasteiger partial charge in [-0.15, -0.1) is 0 Å². The van der Waals surface area contributed by atoms with Gasteiger partial charge in [0.05, 0.1) is 0 Å². The third-order valence-corrected chi connectivity index (χ3v) is 4.85. The molecule has 2 atom stereocenters. The van der Waals surface area contributed by atoms with Crippen molar-refractivity contribution in [3.63, 3.8) is 0 Å². The zero-order valence-corrected chi connectivity index (χ0v) is 13.7. The predicted octanol–water partition coefficient (Wildman–Crippen LogP) is 4.38. The van der Waals surface area contributed by atoms with Crippen molar-refractivity contribution >= 4 is 0 Å². The molecule has 1 aliphatic rings. The van der Waals surface area contributed by atoms with E-state index >= 15 is 0 Å². The smallest absolute Gasteiger partial charge is 0.00726 e. The molecule has 0 radical (unpaired) electrons. The fourth-order valence-electron chi connectivity index (χ4n) is 3.54. The number of benzene rings is 1. The van der Waals surface area contributed by atoms with Crippen molar-refractivity contribution < 1.29 is 0 Å². The summed E-state index contributed by atoms with van der Waals surface area (Å²) in [5.74, 6) is 1.45. The van der Waals surface area contributed by atoms with Crippen LogP contribution >= 0.6 is 0 Å². The zero-order chi connectivity index (χ0) is 14.5. The van der Waals surface area contributed by atoms with E-state index in [2.05, 4.69) is 51.2 Å². The molecular weight excluding hydrogens is 242 g/mol. The summed E-state index contributed by atoms with van der Waals surface area (Å²) in [6.07, 6.45) is 6.36. The van der Waals surface area contributed by atoms with Gasteiger partial charge in [-0.25, -0.2) is 0 Å². The maximum absolute atomic E-state index is 3.69. The molecular formula is C19H31N. The van der Waals surface area contributed by atoms with Crippen LogP contribution in [0.4, 0.5) is 0 Å². The highest BCUT2D eigenvalue weighted by molar-refractivity contribution is 5.35. The largest absolute Gasteiger partial charge is 0.314 e. The predicted molar refractivity (Wildman–Crippen MR) is 88.3 cm³/mol. The molecule has 0 fully saturated rings. The third-order valence-electron chi connectivity index (χ3n) is 4.85. The van der Waals surface area contributed by atoms with Crippen LogP contribution < -0.4 is 5.32 Å². The normalized spacial score (nSPS) is 17.2. The molecule has 0 heterocycles. The van der Waals surface area contributed by atoms with E-state index in [-0.39, 0.29) is 0 Å². The van der Waals surface area contributed by atoms with Crippen molar-refractivity contribution in [3.05, 3.63) is 34.9 Å². The fourth-order valence-corrected chi connectivity index (χ4v) is 3.54. The highest BCUT2D eigenvalue weighted by Crippen LogP contribution is 2.26. The Kier molecular flexibility index (Phi) is 5.65. The zero-order valence-electron chi connectivity index (χ0n) is 13.7. The molecule has 0 amide bonds. The van der Waals surface area contributed by atoms with Crippen molar-refractivity contribution in [3.8, 4) is 0 Å². The van der Waals surface area contributed by atoms with E-state index in [1.54, 1.807) is 11.1 Å². The molecule has 0 aliphatic heterocycles. The summed E-state index contributed by atoms with van der Waals surface area (Å²) in [4.78, 5) is 0.